The predicted octanol–water partition coefficient (Wildman–Crippen LogP) is 0.640. The molecule has 1 aliphatic heterocycles. The molecule has 0 saturated carbocycles. The SMILES string of the molecule is CN(CC(F)F)[C@H](C(N)=O)C(=O)Nc1ccc(N2CCOCC2=O)cc1OC(F)F. The molecule has 0 radical (unpaired) electrons. The minimum absolute atomic E-state index is 0.180. The molecule has 9 nitrogen and oxygen atoms in total. The number of amides is 3. The molecule has 0 bridgehead atoms. The van der Waals surface area contributed by atoms with Crippen LogP contribution < -0.4 is 20.7 Å². The molecular formula is C17H20F4N4O5. The van der Waals surface area contributed by atoms with E-state index < -0.39 is 49.1 Å². The molecule has 1 aromatic rings. The Balaban J connectivity index is 2.29. The zero-order chi connectivity index (χ0) is 22.4. The summed E-state index contributed by atoms with van der Waals surface area (Å²) in [6, 6.07) is 1.87. The zero-order valence-electron chi connectivity index (χ0n) is 15.8. The molecular weight excluding hydrogens is 416 g/mol. The second-order valence-corrected chi connectivity index (χ2v) is 6.28. The lowest BCUT2D eigenvalue weighted by molar-refractivity contribution is -0.132. The number of morpholine rings is 1. The molecule has 1 fully saturated rings. The molecule has 0 aromatic heterocycles. The van der Waals surface area contributed by atoms with Crippen LogP contribution in [0.25, 0.3) is 0 Å². The Kier molecular flexibility index (Phi) is 7.94. The van der Waals surface area contributed by atoms with E-state index in [2.05, 4.69) is 10.1 Å². The molecule has 1 saturated heterocycles. The number of carbonyl (C=O) groups excluding carboxylic acids is 3. The number of likely N-dealkylation sites (N-methyl/N-ethyl adjacent to an activating group) is 1. The number of nitrogens with two attached hydrogens (primary N) is 1. The summed E-state index contributed by atoms with van der Waals surface area (Å²) in [5.74, 6) is -3.21. The molecule has 2 rings (SSSR count). The standard InChI is InChI=1S/C17H20F4N4O5/c1-24(7-12(18)19)14(15(22)27)16(28)23-10-3-2-9(6-11(10)30-17(20)21)25-4-5-29-8-13(25)26/h2-3,6,12,14,17H,4-5,7-8H2,1H3,(H2,22,27)(H,23,28)/t14-/m1/s1. The van der Waals surface area contributed by atoms with E-state index in [1.807, 2.05) is 0 Å². The number of anilines is 2. The topological polar surface area (TPSA) is 114 Å². The minimum atomic E-state index is -3.26. The molecule has 3 N–H and O–H groups in total. The summed E-state index contributed by atoms with van der Waals surface area (Å²) in [7, 11) is 1.09. The number of hydrogen-bond donors (Lipinski definition) is 2. The van der Waals surface area contributed by atoms with Crippen LogP contribution in [0.4, 0.5) is 28.9 Å². The lowest BCUT2D eigenvalue weighted by Crippen LogP contribution is -2.51. The van der Waals surface area contributed by atoms with Crippen LogP contribution in [0.2, 0.25) is 0 Å². The third-order valence-electron chi connectivity index (χ3n) is 4.12. The maximum Gasteiger partial charge on any atom is 0.387 e. The highest BCUT2D eigenvalue weighted by Crippen LogP contribution is 2.32. The minimum Gasteiger partial charge on any atom is -0.433 e. The summed E-state index contributed by atoms with van der Waals surface area (Å²) in [5, 5.41) is 2.18. The molecule has 1 aliphatic rings. The van der Waals surface area contributed by atoms with Gasteiger partial charge in [-0.25, -0.2) is 8.78 Å². The Morgan fingerprint density at radius 3 is 2.60 bits per heavy atom. The quantitative estimate of drug-likeness (QED) is 0.434. The van der Waals surface area contributed by atoms with Gasteiger partial charge in [-0.1, -0.05) is 0 Å². The van der Waals surface area contributed by atoms with Crippen LogP contribution in [0.15, 0.2) is 18.2 Å². The van der Waals surface area contributed by atoms with E-state index in [1.165, 1.54) is 17.0 Å². The molecule has 166 valence electrons. The summed E-state index contributed by atoms with van der Waals surface area (Å²) in [6.45, 7) is -3.93. The number of alkyl halides is 4. The Labute approximate surface area is 168 Å². The van der Waals surface area contributed by atoms with Gasteiger partial charge >= 0.3 is 6.61 Å². The summed E-state index contributed by atoms with van der Waals surface area (Å²) < 4.78 is 60.3. The van der Waals surface area contributed by atoms with Gasteiger partial charge in [-0.05, 0) is 19.2 Å². The molecule has 1 aromatic carbocycles. The summed E-state index contributed by atoms with van der Waals surface area (Å²) in [6.07, 6.45) is -2.84. The largest absolute Gasteiger partial charge is 0.433 e. The van der Waals surface area contributed by atoms with Crippen LogP contribution in [0.5, 0.6) is 5.75 Å². The number of ether oxygens (including phenoxy) is 2. The summed E-state index contributed by atoms with van der Waals surface area (Å²) in [5.41, 5.74) is 5.09. The van der Waals surface area contributed by atoms with Crippen LogP contribution in [0.1, 0.15) is 0 Å². The maximum absolute atomic E-state index is 12.8. The summed E-state index contributed by atoms with van der Waals surface area (Å²) in [4.78, 5) is 38.0. The number of primary amides is 1. The van der Waals surface area contributed by atoms with Crippen molar-refractivity contribution in [3.63, 3.8) is 0 Å². The van der Waals surface area contributed by atoms with E-state index in [4.69, 9.17) is 10.5 Å². The lowest BCUT2D eigenvalue weighted by Gasteiger charge is -2.28. The Hall–Kier alpha value is -2.93. The highest BCUT2D eigenvalue weighted by molar-refractivity contribution is 6.10. The van der Waals surface area contributed by atoms with Gasteiger partial charge in [-0.2, -0.15) is 8.78 Å². The van der Waals surface area contributed by atoms with Crippen molar-refractivity contribution in [3.8, 4) is 5.75 Å². The molecule has 3 amide bonds. The Morgan fingerprint density at radius 2 is 2.03 bits per heavy atom. The molecule has 13 heteroatoms. The molecule has 0 spiro atoms. The van der Waals surface area contributed by atoms with Gasteiger partial charge in [0.1, 0.15) is 6.61 Å². The van der Waals surface area contributed by atoms with Gasteiger partial charge in [-0.3, -0.25) is 19.3 Å². The maximum atomic E-state index is 12.8. The number of halogens is 4. The molecule has 30 heavy (non-hydrogen) atoms. The smallest absolute Gasteiger partial charge is 0.387 e. The van der Waals surface area contributed by atoms with Crippen molar-refractivity contribution in [2.24, 2.45) is 5.73 Å². The first kappa shape index (κ1) is 23.3. The number of rotatable bonds is 9. The molecule has 0 unspecified atom stereocenters. The van der Waals surface area contributed by atoms with Gasteiger partial charge in [0.25, 0.3) is 18.2 Å². The third kappa shape index (κ3) is 6.03. The number of hydrogen-bond acceptors (Lipinski definition) is 6. The van der Waals surface area contributed by atoms with Gasteiger partial charge in [0.2, 0.25) is 5.91 Å². The highest BCUT2D eigenvalue weighted by Gasteiger charge is 2.31. The van der Waals surface area contributed by atoms with Crippen LogP contribution in [0, 0.1) is 0 Å². The average Bonchev–Trinajstić information content (AvgIpc) is 2.62. The number of nitrogens with one attached hydrogen (secondary N) is 1. The third-order valence-corrected chi connectivity index (χ3v) is 4.12. The van der Waals surface area contributed by atoms with Gasteiger partial charge in [0, 0.05) is 18.3 Å². The first-order valence-corrected chi connectivity index (χ1v) is 8.65. The average molecular weight is 436 g/mol. The van der Waals surface area contributed by atoms with E-state index in [0.717, 1.165) is 18.0 Å². The van der Waals surface area contributed by atoms with Gasteiger partial charge in [-0.15, -0.1) is 0 Å². The van der Waals surface area contributed by atoms with Crippen molar-refractivity contribution in [2.75, 3.05) is 43.6 Å². The number of carbonyl (C=O) groups is 3. The Bertz CT molecular complexity index is 795. The fraction of sp³-hybridized carbons (Fsp3) is 0.471. The van der Waals surface area contributed by atoms with Crippen molar-refractivity contribution in [1.82, 2.24) is 4.90 Å². The number of nitrogens with zero attached hydrogens (tertiary/aromatic N) is 2. The fourth-order valence-corrected chi connectivity index (χ4v) is 2.84. The van der Waals surface area contributed by atoms with Crippen LogP contribution >= 0.6 is 0 Å². The summed E-state index contributed by atoms with van der Waals surface area (Å²) >= 11 is 0. The van der Waals surface area contributed by atoms with E-state index in [1.54, 1.807) is 0 Å². The predicted molar refractivity (Wildman–Crippen MR) is 96.5 cm³/mol. The van der Waals surface area contributed by atoms with Crippen LogP contribution in [0.3, 0.4) is 0 Å². The first-order chi connectivity index (χ1) is 14.1. The van der Waals surface area contributed by atoms with Crippen molar-refractivity contribution in [2.45, 2.75) is 19.1 Å². The molecule has 1 heterocycles. The van der Waals surface area contributed by atoms with Crippen molar-refractivity contribution in [1.29, 1.82) is 0 Å². The van der Waals surface area contributed by atoms with Crippen LogP contribution in [-0.4, -0.2) is 75.1 Å². The first-order valence-electron chi connectivity index (χ1n) is 8.65. The van der Waals surface area contributed by atoms with Crippen molar-refractivity contribution >= 4 is 29.1 Å². The Morgan fingerprint density at radius 1 is 1.33 bits per heavy atom. The fourth-order valence-electron chi connectivity index (χ4n) is 2.84. The lowest BCUT2D eigenvalue weighted by atomic mass is 10.2. The van der Waals surface area contributed by atoms with Crippen molar-refractivity contribution in [3.05, 3.63) is 18.2 Å². The monoisotopic (exact) mass is 436 g/mol. The van der Waals surface area contributed by atoms with Crippen molar-refractivity contribution < 1.29 is 41.4 Å². The van der Waals surface area contributed by atoms with Gasteiger partial charge in [0.15, 0.2) is 11.8 Å². The number of benzene rings is 1. The molecule has 0 aliphatic carbocycles. The highest BCUT2D eigenvalue weighted by atomic mass is 19.3. The zero-order valence-corrected chi connectivity index (χ0v) is 15.8. The van der Waals surface area contributed by atoms with E-state index in [9.17, 15) is 31.9 Å². The molecule has 1 atom stereocenters. The second-order valence-electron chi connectivity index (χ2n) is 6.28. The van der Waals surface area contributed by atoms with E-state index in [-0.39, 0.29) is 31.1 Å². The van der Waals surface area contributed by atoms with E-state index >= 15 is 0 Å². The van der Waals surface area contributed by atoms with Gasteiger partial charge in [0.05, 0.1) is 18.8 Å². The van der Waals surface area contributed by atoms with Gasteiger partial charge < -0.3 is 25.4 Å². The van der Waals surface area contributed by atoms with E-state index in [0.29, 0.717) is 0 Å². The normalized spacial score (nSPS) is 15.6. The second kappa shape index (κ2) is 10.2. The van der Waals surface area contributed by atoms with Crippen LogP contribution in [-0.2, 0) is 19.1 Å².